The topological polar surface area (TPSA) is 35.8 Å². The summed E-state index contributed by atoms with van der Waals surface area (Å²) in [7, 11) is 1.92. The zero-order valence-corrected chi connectivity index (χ0v) is 13.5. The Morgan fingerprint density at radius 2 is 2.05 bits per heavy atom. The van der Waals surface area contributed by atoms with Gasteiger partial charge in [-0.1, -0.05) is 29.3 Å². The van der Waals surface area contributed by atoms with Crippen molar-refractivity contribution in [1.82, 2.24) is 5.32 Å². The van der Waals surface area contributed by atoms with Crippen molar-refractivity contribution in [3.63, 3.8) is 0 Å². The van der Waals surface area contributed by atoms with Gasteiger partial charge in [-0.15, -0.1) is 0 Å². The molecule has 0 saturated heterocycles. The van der Waals surface area contributed by atoms with Crippen LogP contribution < -0.4 is 5.32 Å². The highest BCUT2D eigenvalue weighted by molar-refractivity contribution is 7.99. The molecule has 0 radical (unpaired) electrons. The van der Waals surface area contributed by atoms with Crippen molar-refractivity contribution in [3.05, 3.63) is 34.9 Å². The third-order valence-electron chi connectivity index (χ3n) is 4.17. The molecule has 3 heteroatoms. The number of thioether (sulfide) groups is 1. The van der Waals surface area contributed by atoms with Crippen LogP contribution in [0.25, 0.3) is 0 Å². The van der Waals surface area contributed by atoms with E-state index in [-0.39, 0.29) is 5.54 Å². The van der Waals surface area contributed by atoms with Gasteiger partial charge in [0.15, 0.2) is 0 Å². The Labute approximate surface area is 127 Å². The van der Waals surface area contributed by atoms with Crippen molar-refractivity contribution in [3.8, 4) is 6.07 Å². The van der Waals surface area contributed by atoms with Crippen molar-refractivity contribution >= 4 is 11.8 Å². The zero-order valence-electron chi connectivity index (χ0n) is 12.7. The van der Waals surface area contributed by atoms with E-state index in [1.54, 1.807) is 0 Å². The van der Waals surface area contributed by atoms with Crippen LogP contribution in [-0.2, 0) is 5.75 Å². The highest BCUT2D eigenvalue weighted by Gasteiger charge is 2.35. The van der Waals surface area contributed by atoms with Crippen LogP contribution in [0.15, 0.2) is 18.2 Å². The number of nitriles is 1. The third kappa shape index (κ3) is 3.77. The molecule has 0 amide bonds. The van der Waals surface area contributed by atoms with E-state index >= 15 is 0 Å². The van der Waals surface area contributed by atoms with E-state index in [2.05, 4.69) is 43.4 Å². The molecule has 20 heavy (non-hydrogen) atoms. The molecule has 108 valence electrons. The van der Waals surface area contributed by atoms with Crippen LogP contribution in [0.5, 0.6) is 0 Å². The summed E-state index contributed by atoms with van der Waals surface area (Å²) in [5, 5.41) is 13.2. The predicted octanol–water partition coefficient (Wildman–Crippen LogP) is 3.96. The summed E-state index contributed by atoms with van der Waals surface area (Å²) in [5.41, 5.74) is 3.79. The molecule has 0 spiro atoms. The van der Waals surface area contributed by atoms with Gasteiger partial charge >= 0.3 is 0 Å². The molecular weight excluding hydrogens is 264 g/mol. The second kappa shape index (κ2) is 6.65. The molecule has 0 aliphatic heterocycles. The van der Waals surface area contributed by atoms with Crippen LogP contribution in [0, 0.1) is 25.2 Å². The highest BCUT2D eigenvalue weighted by Crippen LogP contribution is 2.36. The average Bonchev–Trinajstić information content (AvgIpc) is 2.44. The first-order valence-electron chi connectivity index (χ1n) is 7.36. The minimum absolute atomic E-state index is 0.293. The summed E-state index contributed by atoms with van der Waals surface area (Å²) in [6.07, 6.45) is 4.34. The van der Waals surface area contributed by atoms with E-state index in [1.807, 2.05) is 18.8 Å². The molecule has 0 heterocycles. The lowest BCUT2D eigenvalue weighted by Gasteiger charge is -2.35. The van der Waals surface area contributed by atoms with Crippen LogP contribution in [0.2, 0.25) is 0 Å². The molecule has 1 aromatic rings. The molecule has 2 rings (SSSR count). The lowest BCUT2D eigenvalue weighted by molar-refractivity contribution is 0.323. The van der Waals surface area contributed by atoms with E-state index in [0.29, 0.717) is 5.25 Å². The van der Waals surface area contributed by atoms with Gasteiger partial charge in [0.25, 0.3) is 0 Å². The Morgan fingerprint density at radius 3 is 2.65 bits per heavy atom. The predicted molar refractivity (Wildman–Crippen MR) is 86.9 cm³/mol. The largest absolute Gasteiger partial charge is 0.302 e. The minimum atomic E-state index is -0.293. The monoisotopic (exact) mass is 288 g/mol. The van der Waals surface area contributed by atoms with Gasteiger partial charge in [-0.25, -0.2) is 0 Å². The molecule has 0 aromatic heterocycles. The van der Waals surface area contributed by atoms with E-state index in [4.69, 9.17) is 0 Å². The second-order valence-electron chi connectivity index (χ2n) is 5.97. The van der Waals surface area contributed by atoms with E-state index < -0.39 is 0 Å². The number of hydrogen-bond donors (Lipinski definition) is 1. The first kappa shape index (κ1) is 15.4. The van der Waals surface area contributed by atoms with Gasteiger partial charge in [0.1, 0.15) is 5.54 Å². The molecule has 1 N–H and O–H groups in total. The number of nitrogens with zero attached hydrogens (tertiary/aromatic N) is 1. The highest BCUT2D eigenvalue weighted by atomic mass is 32.2. The number of benzene rings is 1. The summed E-state index contributed by atoms with van der Waals surface area (Å²) in [5.74, 6) is 1.05. The maximum Gasteiger partial charge on any atom is 0.107 e. The van der Waals surface area contributed by atoms with Crippen molar-refractivity contribution < 1.29 is 0 Å². The van der Waals surface area contributed by atoms with Crippen LogP contribution in [-0.4, -0.2) is 17.8 Å². The molecule has 1 aromatic carbocycles. The van der Waals surface area contributed by atoms with Gasteiger partial charge in [-0.3, -0.25) is 0 Å². The summed E-state index contributed by atoms with van der Waals surface area (Å²) in [6, 6.07) is 9.26. The quantitative estimate of drug-likeness (QED) is 0.911. The Kier molecular flexibility index (Phi) is 5.12. The SMILES string of the molecule is CNC1(C#N)CCCC(SCc2cc(C)cc(C)c2)C1. The van der Waals surface area contributed by atoms with Crippen LogP contribution in [0.3, 0.4) is 0 Å². The lowest BCUT2D eigenvalue weighted by atomic mass is 9.83. The summed E-state index contributed by atoms with van der Waals surface area (Å²) in [6.45, 7) is 4.31. The van der Waals surface area contributed by atoms with Crippen molar-refractivity contribution in [1.29, 1.82) is 5.26 Å². The molecule has 1 aliphatic carbocycles. The van der Waals surface area contributed by atoms with Crippen molar-refractivity contribution in [2.45, 2.75) is 56.1 Å². The Hall–Kier alpha value is -0.980. The minimum Gasteiger partial charge on any atom is -0.302 e. The van der Waals surface area contributed by atoms with Gasteiger partial charge in [-0.05, 0) is 52.1 Å². The fourth-order valence-corrected chi connectivity index (χ4v) is 4.45. The van der Waals surface area contributed by atoms with Crippen LogP contribution in [0.1, 0.15) is 42.4 Å². The fourth-order valence-electron chi connectivity index (χ4n) is 3.12. The maximum atomic E-state index is 9.40. The van der Waals surface area contributed by atoms with E-state index in [0.717, 1.165) is 25.0 Å². The molecule has 1 fully saturated rings. The fraction of sp³-hybridized carbons (Fsp3) is 0.588. The van der Waals surface area contributed by atoms with Gasteiger partial charge in [0.05, 0.1) is 6.07 Å². The zero-order chi connectivity index (χ0) is 14.6. The van der Waals surface area contributed by atoms with E-state index in [9.17, 15) is 5.26 Å². The number of aryl methyl sites for hydroxylation is 2. The normalized spacial score (nSPS) is 26.2. The van der Waals surface area contributed by atoms with E-state index in [1.165, 1.54) is 23.1 Å². The molecule has 2 nitrogen and oxygen atoms in total. The van der Waals surface area contributed by atoms with Gasteiger partial charge in [-0.2, -0.15) is 17.0 Å². The average molecular weight is 288 g/mol. The Morgan fingerprint density at radius 1 is 1.35 bits per heavy atom. The van der Waals surface area contributed by atoms with Gasteiger partial charge < -0.3 is 5.32 Å². The number of hydrogen-bond acceptors (Lipinski definition) is 3. The summed E-state index contributed by atoms with van der Waals surface area (Å²) in [4.78, 5) is 0. The van der Waals surface area contributed by atoms with Crippen LogP contribution in [0.4, 0.5) is 0 Å². The number of nitrogens with one attached hydrogen (secondary N) is 1. The third-order valence-corrected chi connectivity index (χ3v) is 5.54. The second-order valence-corrected chi connectivity index (χ2v) is 7.26. The molecule has 2 unspecified atom stereocenters. The van der Waals surface area contributed by atoms with Gasteiger partial charge in [0, 0.05) is 11.0 Å². The maximum absolute atomic E-state index is 9.40. The summed E-state index contributed by atoms with van der Waals surface area (Å²) >= 11 is 2.01. The number of rotatable bonds is 4. The molecule has 1 saturated carbocycles. The molecule has 2 atom stereocenters. The molecular formula is C17H24N2S. The smallest absolute Gasteiger partial charge is 0.107 e. The molecule has 0 bridgehead atoms. The first-order valence-corrected chi connectivity index (χ1v) is 8.41. The van der Waals surface area contributed by atoms with Crippen molar-refractivity contribution in [2.75, 3.05) is 7.05 Å². The standard InChI is InChI=1S/C17H24N2S/c1-13-7-14(2)9-15(8-13)11-20-16-5-4-6-17(10-16,12-18)19-3/h7-9,16,19H,4-6,10-11H2,1-3H3. The summed E-state index contributed by atoms with van der Waals surface area (Å²) < 4.78 is 0. The Balaban J connectivity index is 1.95. The van der Waals surface area contributed by atoms with Crippen LogP contribution >= 0.6 is 11.8 Å². The van der Waals surface area contributed by atoms with Crippen molar-refractivity contribution in [2.24, 2.45) is 0 Å². The first-order chi connectivity index (χ1) is 9.57. The van der Waals surface area contributed by atoms with Gasteiger partial charge in [0.2, 0.25) is 0 Å². The Bertz CT molecular complexity index is 486. The molecule has 1 aliphatic rings. The lowest BCUT2D eigenvalue weighted by Crippen LogP contribution is -2.46.